The lowest BCUT2D eigenvalue weighted by Crippen LogP contribution is -2.48. The van der Waals surface area contributed by atoms with E-state index in [9.17, 15) is 9.59 Å². The molecular weight excluding hydrogens is 350 g/mol. The van der Waals surface area contributed by atoms with E-state index in [1.54, 1.807) is 19.0 Å². The summed E-state index contributed by atoms with van der Waals surface area (Å²) in [5.74, 6) is 0.840. The van der Waals surface area contributed by atoms with E-state index in [1.165, 1.54) is 0 Å². The van der Waals surface area contributed by atoms with Crippen molar-refractivity contribution in [2.24, 2.45) is 11.8 Å². The van der Waals surface area contributed by atoms with Gasteiger partial charge >= 0.3 is 0 Å². The van der Waals surface area contributed by atoms with Crippen LogP contribution < -0.4 is 10.6 Å². The van der Waals surface area contributed by atoms with Crippen LogP contribution in [0.3, 0.4) is 0 Å². The van der Waals surface area contributed by atoms with E-state index in [2.05, 4.69) is 17.6 Å². The summed E-state index contributed by atoms with van der Waals surface area (Å²) in [5, 5.41) is 6.33. The molecule has 1 aliphatic rings. The minimum absolute atomic E-state index is 0. The summed E-state index contributed by atoms with van der Waals surface area (Å²) >= 11 is 0. The minimum Gasteiger partial charge on any atom is -0.347 e. The first-order valence-electron chi connectivity index (χ1n) is 9.22. The summed E-state index contributed by atoms with van der Waals surface area (Å²) < 4.78 is 0. The molecule has 2 N–H and O–H groups in total. The van der Waals surface area contributed by atoms with Crippen molar-refractivity contribution in [1.82, 2.24) is 15.5 Å². The molecule has 2 unspecified atom stereocenters. The van der Waals surface area contributed by atoms with Crippen LogP contribution >= 0.6 is 12.4 Å². The molecule has 1 fully saturated rings. The Hall–Kier alpha value is -1.59. The van der Waals surface area contributed by atoms with Crippen molar-refractivity contribution in [2.45, 2.75) is 38.6 Å². The first kappa shape index (κ1) is 22.5. The van der Waals surface area contributed by atoms with Crippen LogP contribution in [0.15, 0.2) is 30.3 Å². The molecule has 1 aliphatic heterocycles. The number of piperidine rings is 1. The smallest absolute Gasteiger partial charge is 0.244 e. The summed E-state index contributed by atoms with van der Waals surface area (Å²) in [5.41, 5.74) is 1.05. The van der Waals surface area contributed by atoms with E-state index in [0.717, 1.165) is 31.5 Å². The third-order valence-corrected chi connectivity index (χ3v) is 5.05. The highest BCUT2D eigenvalue weighted by Gasteiger charge is 2.26. The fraction of sp³-hybridized carbons (Fsp3) is 0.600. The topological polar surface area (TPSA) is 61.4 Å². The van der Waals surface area contributed by atoms with Gasteiger partial charge in [-0.3, -0.25) is 9.59 Å². The summed E-state index contributed by atoms with van der Waals surface area (Å²) in [7, 11) is 3.45. The number of amides is 2. The number of hydrogen-bond donors (Lipinski definition) is 2. The summed E-state index contributed by atoms with van der Waals surface area (Å²) in [6.45, 7) is 4.22. The average molecular weight is 382 g/mol. The number of nitrogens with one attached hydrogen (secondary N) is 2. The molecule has 0 aromatic heterocycles. The lowest BCUT2D eigenvalue weighted by Gasteiger charge is -2.28. The zero-order valence-corrected chi connectivity index (χ0v) is 16.8. The largest absolute Gasteiger partial charge is 0.347 e. The van der Waals surface area contributed by atoms with E-state index in [4.69, 9.17) is 0 Å². The molecule has 2 rings (SSSR count). The Labute approximate surface area is 163 Å². The first-order valence-corrected chi connectivity index (χ1v) is 9.22. The van der Waals surface area contributed by atoms with Gasteiger partial charge in [-0.1, -0.05) is 37.3 Å². The number of carbonyl (C=O) groups excluding carboxylic acids is 2. The molecule has 26 heavy (non-hydrogen) atoms. The molecule has 0 spiro atoms. The predicted octanol–water partition coefficient (Wildman–Crippen LogP) is 2.25. The van der Waals surface area contributed by atoms with Gasteiger partial charge in [0.15, 0.2) is 0 Å². The maximum absolute atomic E-state index is 12.5. The molecule has 2 atom stereocenters. The highest BCUT2D eigenvalue weighted by atomic mass is 35.5. The van der Waals surface area contributed by atoms with E-state index in [-0.39, 0.29) is 24.2 Å². The van der Waals surface area contributed by atoms with E-state index in [1.807, 2.05) is 30.3 Å². The Balaban J connectivity index is 0.00000338. The SMILES string of the molecule is CC(CC(=O)NC(Cc1ccccc1)C(=O)N(C)C)C1CCNCC1.Cl. The summed E-state index contributed by atoms with van der Waals surface area (Å²) in [6.07, 6.45) is 3.25. The first-order chi connectivity index (χ1) is 12.0. The maximum Gasteiger partial charge on any atom is 0.244 e. The lowest BCUT2D eigenvalue weighted by atomic mass is 9.84. The molecule has 5 nitrogen and oxygen atoms in total. The van der Waals surface area contributed by atoms with Gasteiger partial charge in [0.1, 0.15) is 6.04 Å². The molecule has 0 radical (unpaired) electrons. The Kier molecular flexibility index (Phi) is 9.66. The van der Waals surface area contributed by atoms with Crippen molar-refractivity contribution in [3.63, 3.8) is 0 Å². The number of benzene rings is 1. The Morgan fingerprint density at radius 3 is 2.38 bits per heavy atom. The van der Waals surface area contributed by atoms with Crippen LogP contribution in [0.5, 0.6) is 0 Å². The molecule has 2 amide bonds. The molecule has 1 saturated heterocycles. The quantitative estimate of drug-likeness (QED) is 0.761. The highest BCUT2D eigenvalue weighted by molar-refractivity contribution is 5.87. The summed E-state index contributed by atoms with van der Waals surface area (Å²) in [4.78, 5) is 26.5. The van der Waals surface area contributed by atoms with Gasteiger partial charge in [0.25, 0.3) is 0 Å². The Morgan fingerprint density at radius 2 is 1.81 bits per heavy atom. The summed E-state index contributed by atoms with van der Waals surface area (Å²) in [6, 6.07) is 9.32. The molecule has 1 aromatic rings. The normalized spacial score (nSPS) is 16.9. The number of halogens is 1. The van der Waals surface area contributed by atoms with Crippen molar-refractivity contribution in [3.8, 4) is 0 Å². The lowest BCUT2D eigenvalue weighted by molar-refractivity contribution is -0.134. The molecule has 1 heterocycles. The fourth-order valence-corrected chi connectivity index (χ4v) is 3.49. The molecule has 0 saturated carbocycles. The number of nitrogens with zero attached hydrogens (tertiary/aromatic N) is 1. The molecular formula is C20H32ClN3O2. The van der Waals surface area contributed by atoms with E-state index < -0.39 is 6.04 Å². The maximum atomic E-state index is 12.5. The second-order valence-electron chi connectivity index (χ2n) is 7.31. The Morgan fingerprint density at radius 1 is 1.19 bits per heavy atom. The number of hydrogen-bond acceptors (Lipinski definition) is 3. The van der Waals surface area contributed by atoms with Crippen molar-refractivity contribution < 1.29 is 9.59 Å². The second kappa shape index (κ2) is 11.2. The van der Waals surface area contributed by atoms with Crippen molar-refractivity contribution in [1.29, 1.82) is 0 Å². The zero-order valence-electron chi connectivity index (χ0n) is 16.0. The Bertz CT molecular complexity index is 559. The van der Waals surface area contributed by atoms with Gasteiger partial charge in [0.2, 0.25) is 11.8 Å². The van der Waals surface area contributed by atoms with Crippen LogP contribution in [0.25, 0.3) is 0 Å². The van der Waals surface area contributed by atoms with Gasteiger partial charge in [-0.25, -0.2) is 0 Å². The van der Waals surface area contributed by atoms with E-state index in [0.29, 0.717) is 24.7 Å². The van der Waals surface area contributed by atoms with Gasteiger partial charge < -0.3 is 15.5 Å². The van der Waals surface area contributed by atoms with Crippen molar-refractivity contribution in [2.75, 3.05) is 27.2 Å². The molecule has 0 bridgehead atoms. The monoisotopic (exact) mass is 381 g/mol. The predicted molar refractivity (Wildman–Crippen MR) is 107 cm³/mol. The van der Waals surface area contributed by atoms with Crippen LogP contribution in [-0.4, -0.2) is 49.9 Å². The van der Waals surface area contributed by atoms with Crippen molar-refractivity contribution in [3.05, 3.63) is 35.9 Å². The number of carbonyl (C=O) groups is 2. The molecule has 0 aliphatic carbocycles. The van der Waals surface area contributed by atoms with Gasteiger partial charge in [0.05, 0.1) is 0 Å². The molecule has 6 heteroatoms. The molecule has 1 aromatic carbocycles. The van der Waals surface area contributed by atoms with Crippen LogP contribution in [0, 0.1) is 11.8 Å². The highest BCUT2D eigenvalue weighted by Crippen LogP contribution is 2.24. The van der Waals surface area contributed by atoms with Gasteiger partial charge in [0, 0.05) is 26.9 Å². The van der Waals surface area contributed by atoms with Gasteiger partial charge in [-0.05, 0) is 43.3 Å². The second-order valence-corrected chi connectivity index (χ2v) is 7.31. The van der Waals surface area contributed by atoms with E-state index >= 15 is 0 Å². The molecule has 146 valence electrons. The van der Waals surface area contributed by atoms with Crippen LogP contribution in [0.4, 0.5) is 0 Å². The third kappa shape index (κ3) is 6.96. The van der Waals surface area contributed by atoms with Gasteiger partial charge in [-0.2, -0.15) is 0 Å². The number of likely N-dealkylation sites (N-methyl/N-ethyl adjacent to an activating group) is 1. The minimum atomic E-state index is -0.509. The number of rotatable bonds is 7. The van der Waals surface area contributed by atoms with Crippen LogP contribution in [0.1, 0.15) is 31.7 Å². The van der Waals surface area contributed by atoms with Crippen molar-refractivity contribution >= 4 is 24.2 Å². The standard InChI is InChI=1S/C20H31N3O2.ClH/c1-15(17-9-11-21-12-10-17)13-19(24)22-18(20(25)23(2)3)14-16-7-5-4-6-8-16;/h4-8,15,17-18,21H,9-14H2,1-3H3,(H,22,24);1H. The fourth-order valence-electron chi connectivity index (χ4n) is 3.49. The third-order valence-electron chi connectivity index (χ3n) is 5.05. The van der Waals surface area contributed by atoms with Gasteiger partial charge in [-0.15, -0.1) is 12.4 Å². The average Bonchev–Trinajstić information content (AvgIpc) is 2.62. The zero-order chi connectivity index (χ0) is 18.2. The van der Waals surface area contributed by atoms with Crippen LogP contribution in [-0.2, 0) is 16.0 Å². The van der Waals surface area contributed by atoms with Crippen LogP contribution in [0.2, 0.25) is 0 Å².